The van der Waals surface area contributed by atoms with E-state index in [1.807, 2.05) is 6.07 Å². The molecule has 0 bridgehead atoms. The number of aromatic nitrogens is 2. The van der Waals surface area contributed by atoms with Crippen LogP contribution < -0.4 is 10.0 Å². The summed E-state index contributed by atoms with van der Waals surface area (Å²) in [6.45, 7) is 3.63. The summed E-state index contributed by atoms with van der Waals surface area (Å²) in [6.07, 6.45) is 5.21. The van der Waals surface area contributed by atoms with Gasteiger partial charge in [0.05, 0.1) is 23.0 Å². The summed E-state index contributed by atoms with van der Waals surface area (Å²) in [7, 11) is -3.62. The minimum absolute atomic E-state index is 0.224. The zero-order valence-electron chi connectivity index (χ0n) is 11.8. The van der Waals surface area contributed by atoms with Gasteiger partial charge in [-0.1, -0.05) is 19.1 Å². The molecule has 2 N–H and O–H groups in total. The molecule has 0 amide bonds. The molecule has 0 saturated carbocycles. The van der Waals surface area contributed by atoms with Crippen LogP contribution in [-0.2, 0) is 16.6 Å². The lowest BCUT2D eigenvalue weighted by molar-refractivity contribution is 0.600. The van der Waals surface area contributed by atoms with Gasteiger partial charge in [0.25, 0.3) is 10.0 Å². The highest BCUT2D eigenvalue weighted by Crippen LogP contribution is 2.15. The first kappa shape index (κ1) is 15.4. The Bertz CT molecular complexity index is 674. The summed E-state index contributed by atoms with van der Waals surface area (Å²) in [5, 5.41) is 3.24. The van der Waals surface area contributed by atoms with E-state index in [0.29, 0.717) is 12.2 Å². The molecule has 112 valence electrons. The molecule has 0 saturated heterocycles. The molecule has 7 heteroatoms. The largest absolute Gasteiger partial charge is 0.313 e. The first-order chi connectivity index (χ1) is 10.1. The van der Waals surface area contributed by atoms with Crippen LogP contribution in [-0.4, -0.2) is 24.9 Å². The van der Waals surface area contributed by atoms with Gasteiger partial charge in [0.1, 0.15) is 6.33 Å². The van der Waals surface area contributed by atoms with Crippen molar-refractivity contribution in [2.75, 3.05) is 11.3 Å². The van der Waals surface area contributed by atoms with Crippen molar-refractivity contribution in [3.63, 3.8) is 0 Å². The van der Waals surface area contributed by atoms with Crippen molar-refractivity contribution in [1.82, 2.24) is 15.3 Å². The molecule has 0 aliphatic rings. The van der Waals surface area contributed by atoms with Crippen molar-refractivity contribution in [1.29, 1.82) is 0 Å². The molecule has 2 aromatic rings. The molecule has 1 aromatic heterocycles. The van der Waals surface area contributed by atoms with Crippen LogP contribution in [0.3, 0.4) is 0 Å². The second-order valence-corrected chi connectivity index (χ2v) is 6.24. The number of hydrogen-bond donors (Lipinski definition) is 2. The van der Waals surface area contributed by atoms with Gasteiger partial charge in [-0.25, -0.2) is 18.4 Å². The highest BCUT2D eigenvalue weighted by molar-refractivity contribution is 7.92. The van der Waals surface area contributed by atoms with E-state index in [2.05, 4.69) is 26.9 Å². The highest BCUT2D eigenvalue weighted by atomic mass is 32.2. The van der Waals surface area contributed by atoms with Gasteiger partial charge in [0.2, 0.25) is 0 Å². The first-order valence-electron chi connectivity index (χ1n) is 6.69. The van der Waals surface area contributed by atoms with E-state index < -0.39 is 10.0 Å². The second-order valence-electron chi connectivity index (χ2n) is 4.56. The summed E-state index contributed by atoms with van der Waals surface area (Å²) < 4.78 is 27.0. The molecular weight excluding hydrogens is 288 g/mol. The monoisotopic (exact) mass is 306 g/mol. The molecule has 0 aliphatic carbocycles. The lowest BCUT2D eigenvalue weighted by Gasteiger charge is -2.09. The quantitative estimate of drug-likeness (QED) is 0.762. The van der Waals surface area contributed by atoms with Gasteiger partial charge in [-0.3, -0.25) is 4.72 Å². The maximum Gasteiger partial charge on any atom is 0.262 e. The Morgan fingerprint density at radius 1 is 1.19 bits per heavy atom. The predicted molar refractivity (Wildman–Crippen MR) is 81.3 cm³/mol. The second kappa shape index (κ2) is 7.14. The molecule has 0 atom stereocenters. The molecule has 0 radical (unpaired) electrons. The summed E-state index contributed by atoms with van der Waals surface area (Å²) in [5.74, 6) is 0. The Balaban J connectivity index is 2.14. The van der Waals surface area contributed by atoms with Crippen LogP contribution in [0.5, 0.6) is 0 Å². The van der Waals surface area contributed by atoms with Crippen molar-refractivity contribution in [2.45, 2.75) is 24.8 Å². The fourth-order valence-corrected chi connectivity index (χ4v) is 2.90. The molecule has 2 rings (SSSR count). The van der Waals surface area contributed by atoms with Gasteiger partial charge < -0.3 is 5.32 Å². The summed E-state index contributed by atoms with van der Waals surface area (Å²) in [5.41, 5.74) is 1.27. The Morgan fingerprint density at radius 2 is 1.95 bits per heavy atom. The molecule has 0 fully saturated rings. The van der Waals surface area contributed by atoms with Gasteiger partial charge in [0.15, 0.2) is 0 Å². The summed E-state index contributed by atoms with van der Waals surface area (Å²) in [6, 6.07) is 6.86. The smallest absolute Gasteiger partial charge is 0.262 e. The van der Waals surface area contributed by atoms with E-state index in [-0.39, 0.29) is 4.90 Å². The normalized spacial score (nSPS) is 11.3. The third kappa shape index (κ3) is 4.51. The third-order valence-electron chi connectivity index (χ3n) is 2.78. The number of nitrogens with zero attached hydrogens (tertiary/aromatic N) is 2. The van der Waals surface area contributed by atoms with Crippen molar-refractivity contribution in [3.05, 3.63) is 48.5 Å². The highest BCUT2D eigenvalue weighted by Gasteiger charge is 2.14. The van der Waals surface area contributed by atoms with Crippen molar-refractivity contribution >= 4 is 15.7 Å². The predicted octanol–water partition coefficient (Wildman–Crippen LogP) is 1.78. The Morgan fingerprint density at radius 3 is 2.67 bits per heavy atom. The molecule has 1 aromatic carbocycles. The Kier molecular flexibility index (Phi) is 5.24. The maximum absolute atomic E-state index is 12.3. The topological polar surface area (TPSA) is 84.0 Å². The maximum atomic E-state index is 12.3. The van der Waals surface area contributed by atoms with Crippen molar-refractivity contribution in [3.8, 4) is 0 Å². The van der Waals surface area contributed by atoms with Gasteiger partial charge in [-0.15, -0.1) is 0 Å². The molecule has 1 heterocycles. The van der Waals surface area contributed by atoms with E-state index >= 15 is 0 Å². The van der Waals surface area contributed by atoms with Gasteiger partial charge in [-0.05, 0) is 30.7 Å². The van der Waals surface area contributed by atoms with Gasteiger partial charge in [0, 0.05) is 6.54 Å². The number of rotatable bonds is 7. The third-order valence-corrected chi connectivity index (χ3v) is 4.16. The zero-order valence-corrected chi connectivity index (χ0v) is 12.6. The average Bonchev–Trinajstić information content (AvgIpc) is 2.48. The Labute approximate surface area is 124 Å². The van der Waals surface area contributed by atoms with E-state index in [9.17, 15) is 8.42 Å². The van der Waals surface area contributed by atoms with Crippen LogP contribution in [0.15, 0.2) is 47.9 Å². The van der Waals surface area contributed by atoms with Gasteiger partial charge >= 0.3 is 0 Å². The van der Waals surface area contributed by atoms with Crippen LogP contribution in [0.25, 0.3) is 0 Å². The van der Waals surface area contributed by atoms with Crippen LogP contribution in [0.2, 0.25) is 0 Å². The number of benzene rings is 1. The van der Waals surface area contributed by atoms with E-state index in [1.165, 1.54) is 18.7 Å². The summed E-state index contributed by atoms with van der Waals surface area (Å²) in [4.78, 5) is 7.79. The molecule has 0 unspecified atom stereocenters. The lowest BCUT2D eigenvalue weighted by atomic mass is 10.2. The molecule has 0 aliphatic heterocycles. The van der Waals surface area contributed by atoms with E-state index in [0.717, 1.165) is 18.5 Å². The Hall–Kier alpha value is -1.99. The molecule has 21 heavy (non-hydrogen) atoms. The fraction of sp³-hybridized carbons (Fsp3) is 0.286. The number of hydrogen-bond acceptors (Lipinski definition) is 5. The SMILES string of the molecule is CCCNCc1cccc(S(=O)(=O)Nc2cncnc2)c1. The minimum atomic E-state index is -3.62. The average molecular weight is 306 g/mol. The molecule has 0 spiro atoms. The lowest BCUT2D eigenvalue weighted by Crippen LogP contribution is -2.16. The minimum Gasteiger partial charge on any atom is -0.313 e. The van der Waals surface area contributed by atoms with Crippen molar-refractivity contribution in [2.24, 2.45) is 0 Å². The van der Waals surface area contributed by atoms with Crippen LogP contribution in [0.4, 0.5) is 5.69 Å². The van der Waals surface area contributed by atoms with E-state index in [4.69, 9.17) is 0 Å². The number of anilines is 1. The molecule has 6 nitrogen and oxygen atoms in total. The number of nitrogens with one attached hydrogen (secondary N) is 2. The first-order valence-corrected chi connectivity index (χ1v) is 8.17. The number of sulfonamides is 1. The summed E-state index contributed by atoms with van der Waals surface area (Å²) >= 11 is 0. The zero-order chi connectivity index (χ0) is 15.1. The van der Waals surface area contributed by atoms with Crippen LogP contribution >= 0.6 is 0 Å². The molecular formula is C14H18N4O2S. The standard InChI is InChI=1S/C14H18N4O2S/c1-2-6-15-8-12-4-3-5-14(7-12)21(19,20)18-13-9-16-11-17-10-13/h3-5,7,9-11,15,18H,2,6,8H2,1H3. The van der Waals surface area contributed by atoms with Crippen molar-refractivity contribution < 1.29 is 8.42 Å². The van der Waals surface area contributed by atoms with Crippen LogP contribution in [0, 0.1) is 0 Å². The fourth-order valence-electron chi connectivity index (χ4n) is 1.80. The van der Waals surface area contributed by atoms with Gasteiger partial charge in [-0.2, -0.15) is 0 Å². The van der Waals surface area contributed by atoms with E-state index in [1.54, 1.807) is 18.2 Å². The van der Waals surface area contributed by atoms with Crippen LogP contribution in [0.1, 0.15) is 18.9 Å².